The van der Waals surface area contributed by atoms with Gasteiger partial charge in [0.15, 0.2) is 0 Å². The van der Waals surface area contributed by atoms with E-state index in [1.165, 1.54) is 18.1 Å². The Morgan fingerprint density at radius 1 is 1.00 bits per heavy atom. The molecule has 2 amide bonds. The van der Waals surface area contributed by atoms with E-state index in [-0.39, 0.29) is 28.8 Å². The Bertz CT molecular complexity index is 1420. The fourth-order valence-corrected chi connectivity index (χ4v) is 5.75. The topological polar surface area (TPSA) is 95.8 Å². The van der Waals surface area contributed by atoms with Gasteiger partial charge in [-0.1, -0.05) is 36.4 Å². The van der Waals surface area contributed by atoms with Gasteiger partial charge < -0.3 is 10.2 Å². The smallest absolute Gasteiger partial charge is 0.273 e. The van der Waals surface area contributed by atoms with Crippen molar-refractivity contribution in [3.05, 3.63) is 104 Å². The highest BCUT2D eigenvalue weighted by Crippen LogP contribution is 2.31. The molecule has 1 fully saturated rings. The van der Waals surface area contributed by atoms with Gasteiger partial charge in [-0.15, -0.1) is 0 Å². The van der Waals surface area contributed by atoms with Gasteiger partial charge in [-0.3, -0.25) is 24.6 Å². The first-order chi connectivity index (χ1) is 18.7. The van der Waals surface area contributed by atoms with Crippen LogP contribution in [0.15, 0.2) is 60.7 Å². The largest absolute Gasteiger partial charge is 0.341 e. The molecule has 39 heavy (non-hydrogen) atoms. The molecule has 0 aromatic heterocycles. The van der Waals surface area contributed by atoms with E-state index in [0.717, 1.165) is 43.5 Å². The average Bonchev–Trinajstić information content (AvgIpc) is 2.92. The lowest BCUT2D eigenvalue weighted by Crippen LogP contribution is -2.51. The van der Waals surface area contributed by atoms with Crippen molar-refractivity contribution in [1.82, 2.24) is 9.80 Å². The molecular formula is C30H31FN4O4. The standard InChI is InChI=1S/C30H31FN4O4/c1-19-26(35(38)39)12-11-25(31)28(19)29(36)32-24-9-7-20(8-10-24)21-13-15-34(16-14-21)30(37)27-17-22-5-3-4-6-23(22)18-33(27)2/h3-12,21,27H,13-18H2,1-2H3,(H,32,36). The van der Waals surface area contributed by atoms with Crippen molar-refractivity contribution in [3.8, 4) is 0 Å². The van der Waals surface area contributed by atoms with E-state index in [4.69, 9.17) is 0 Å². The molecule has 1 saturated heterocycles. The highest BCUT2D eigenvalue weighted by molar-refractivity contribution is 6.06. The number of nitro benzene ring substituents is 1. The van der Waals surface area contributed by atoms with Gasteiger partial charge in [0.25, 0.3) is 11.6 Å². The maximum absolute atomic E-state index is 14.3. The molecule has 0 aliphatic carbocycles. The average molecular weight is 531 g/mol. The Hall–Kier alpha value is -4.11. The maximum atomic E-state index is 14.3. The van der Waals surface area contributed by atoms with Crippen molar-refractivity contribution < 1.29 is 18.9 Å². The molecule has 0 radical (unpaired) electrons. The molecule has 0 spiro atoms. The number of halogens is 1. The summed E-state index contributed by atoms with van der Waals surface area (Å²) in [5, 5.41) is 13.8. The van der Waals surface area contributed by atoms with Crippen molar-refractivity contribution in [2.24, 2.45) is 0 Å². The molecule has 0 saturated carbocycles. The monoisotopic (exact) mass is 530 g/mol. The van der Waals surface area contributed by atoms with E-state index in [1.54, 1.807) is 12.1 Å². The summed E-state index contributed by atoms with van der Waals surface area (Å²) in [7, 11) is 2.01. The van der Waals surface area contributed by atoms with Gasteiger partial charge in [-0.25, -0.2) is 4.39 Å². The lowest BCUT2D eigenvalue weighted by Gasteiger charge is -2.39. The minimum absolute atomic E-state index is 0.0148. The molecule has 3 aromatic rings. The summed E-state index contributed by atoms with van der Waals surface area (Å²) in [5.74, 6) is -1.06. The van der Waals surface area contributed by atoms with Crippen molar-refractivity contribution >= 4 is 23.2 Å². The molecule has 3 aromatic carbocycles. The van der Waals surface area contributed by atoms with Crippen LogP contribution in [0.1, 0.15) is 51.4 Å². The van der Waals surface area contributed by atoms with Crippen LogP contribution in [0.4, 0.5) is 15.8 Å². The van der Waals surface area contributed by atoms with Crippen LogP contribution in [0.25, 0.3) is 0 Å². The molecule has 2 heterocycles. The molecule has 1 atom stereocenters. The normalized spacial score (nSPS) is 17.9. The van der Waals surface area contributed by atoms with E-state index >= 15 is 0 Å². The van der Waals surface area contributed by atoms with Gasteiger partial charge in [0.05, 0.1) is 16.5 Å². The predicted molar refractivity (Wildman–Crippen MR) is 146 cm³/mol. The Balaban J connectivity index is 1.19. The molecule has 9 heteroatoms. The molecule has 2 aliphatic heterocycles. The first-order valence-electron chi connectivity index (χ1n) is 13.1. The zero-order valence-electron chi connectivity index (χ0n) is 22.0. The SMILES string of the molecule is Cc1c([N+](=O)[O-])ccc(F)c1C(=O)Nc1ccc(C2CCN(C(=O)C3Cc4ccccc4CN3C)CC2)cc1. The number of nitrogens with zero attached hydrogens (tertiary/aromatic N) is 3. The number of nitro groups is 1. The van der Waals surface area contributed by atoms with E-state index in [9.17, 15) is 24.1 Å². The zero-order valence-corrected chi connectivity index (χ0v) is 22.0. The van der Waals surface area contributed by atoms with Crippen LogP contribution in [0.5, 0.6) is 0 Å². The lowest BCUT2D eigenvalue weighted by molar-refractivity contribution is -0.385. The number of rotatable bonds is 5. The first kappa shape index (κ1) is 26.5. The van der Waals surface area contributed by atoms with E-state index in [0.29, 0.717) is 24.7 Å². The third kappa shape index (κ3) is 5.40. The van der Waals surface area contributed by atoms with E-state index in [2.05, 4.69) is 22.3 Å². The number of nitrogens with one attached hydrogen (secondary N) is 1. The number of carbonyl (C=O) groups is 2. The number of carbonyl (C=O) groups excluding carboxylic acids is 2. The number of hydrogen-bond acceptors (Lipinski definition) is 5. The van der Waals surface area contributed by atoms with Crippen molar-refractivity contribution in [3.63, 3.8) is 0 Å². The minimum Gasteiger partial charge on any atom is -0.341 e. The Labute approximate surface area is 226 Å². The van der Waals surface area contributed by atoms with Crippen LogP contribution in [0.3, 0.4) is 0 Å². The van der Waals surface area contributed by atoms with Gasteiger partial charge >= 0.3 is 0 Å². The van der Waals surface area contributed by atoms with Crippen LogP contribution in [0.2, 0.25) is 0 Å². The van der Waals surface area contributed by atoms with Crippen LogP contribution in [-0.2, 0) is 17.8 Å². The number of amides is 2. The number of fused-ring (bicyclic) bond motifs is 1. The summed E-state index contributed by atoms with van der Waals surface area (Å²) < 4.78 is 14.3. The summed E-state index contributed by atoms with van der Waals surface area (Å²) in [4.78, 5) is 40.8. The highest BCUT2D eigenvalue weighted by Gasteiger charge is 2.34. The second kappa shape index (κ2) is 10.9. The van der Waals surface area contributed by atoms with Crippen LogP contribution in [0, 0.1) is 22.9 Å². The number of hydrogen-bond donors (Lipinski definition) is 1. The minimum atomic E-state index is -0.808. The summed E-state index contributed by atoms with van der Waals surface area (Å²) >= 11 is 0. The quantitative estimate of drug-likeness (QED) is 0.368. The van der Waals surface area contributed by atoms with Gasteiger partial charge in [0.1, 0.15) is 5.82 Å². The van der Waals surface area contributed by atoms with E-state index < -0.39 is 16.6 Å². The summed E-state index contributed by atoms with van der Waals surface area (Å²) in [6.45, 7) is 3.53. The van der Waals surface area contributed by atoms with E-state index in [1.807, 2.05) is 36.2 Å². The molecule has 0 bridgehead atoms. The molecule has 202 valence electrons. The number of likely N-dealkylation sites (N-methyl/N-ethyl adjacent to an activating group) is 1. The lowest BCUT2D eigenvalue weighted by atomic mass is 9.88. The molecule has 2 aliphatic rings. The summed E-state index contributed by atoms with van der Waals surface area (Å²) in [6.07, 6.45) is 2.43. The van der Waals surface area contributed by atoms with Crippen molar-refractivity contribution in [1.29, 1.82) is 0 Å². The van der Waals surface area contributed by atoms with Gasteiger partial charge in [-0.2, -0.15) is 0 Å². The molecule has 8 nitrogen and oxygen atoms in total. The fourth-order valence-electron chi connectivity index (χ4n) is 5.75. The Kier molecular flexibility index (Phi) is 7.43. The first-order valence-corrected chi connectivity index (χ1v) is 13.1. The molecule has 5 rings (SSSR count). The highest BCUT2D eigenvalue weighted by atomic mass is 19.1. The molecular weight excluding hydrogens is 499 g/mol. The second-order valence-corrected chi connectivity index (χ2v) is 10.4. The molecule has 1 N–H and O–H groups in total. The van der Waals surface area contributed by atoms with Gasteiger partial charge in [0, 0.05) is 37.0 Å². The van der Waals surface area contributed by atoms with Gasteiger partial charge in [0.2, 0.25) is 5.91 Å². The summed E-state index contributed by atoms with van der Waals surface area (Å²) in [6, 6.07) is 17.5. The van der Waals surface area contributed by atoms with Crippen LogP contribution < -0.4 is 5.32 Å². The number of likely N-dealkylation sites (tertiary alicyclic amines) is 1. The number of benzene rings is 3. The van der Waals surface area contributed by atoms with Crippen LogP contribution >= 0.6 is 0 Å². The summed E-state index contributed by atoms with van der Waals surface area (Å²) in [5.41, 5.74) is 3.47. The third-order valence-electron chi connectivity index (χ3n) is 8.02. The fraction of sp³-hybridized carbons (Fsp3) is 0.333. The van der Waals surface area contributed by atoms with Gasteiger partial charge in [-0.05, 0) is 74.0 Å². The zero-order chi connectivity index (χ0) is 27.7. The predicted octanol–water partition coefficient (Wildman–Crippen LogP) is 5.06. The third-order valence-corrected chi connectivity index (χ3v) is 8.02. The Morgan fingerprint density at radius 2 is 1.67 bits per heavy atom. The second-order valence-electron chi connectivity index (χ2n) is 10.4. The Morgan fingerprint density at radius 3 is 2.33 bits per heavy atom. The number of piperidine rings is 1. The van der Waals surface area contributed by atoms with Crippen LogP contribution in [-0.4, -0.2) is 52.7 Å². The maximum Gasteiger partial charge on any atom is 0.273 e. The number of anilines is 1. The van der Waals surface area contributed by atoms with Crippen molar-refractivity contribution in [2.75, 3.05) is 25.5 Å². The molecule has 1 unspecified atom stereocenters. The van der Waals surface area contributed by atoms with Crippen molar-refractivity contribution in [2.45, 2.75) is 44.7 Å².